The van der Waals surface area contributed by atoms with Crippen LogP contribution in [0.1, 0.15) is 226 Å². The van der Waals surface area contributed by atoms with Crippen molar-refractivity contribution in [3.8, 4) is 0 Å². The van der Waals surface area contributed by atoms with Crippen LogP contribution in [0.25, 0.3) is 21.9 Å². The third-order valence-electron chi connectivity index (χ3n) is 23.8. The molecular weight excluding hydrogens is 1010 g/mol. The Morgan fingerprint density at radius 2 is 0.940 bits per heavy atom. The highest BCUT2D eigenvalue weighted by Gasteiger charge is 2.59. The van der Waals surface area contributed by atoms with E-state index in [1.54, 1.807) is 0 Å². The summed E-state index contributed by atoms with van der Waals surface area (Å²) in [4.78, 5) is 8.41. The Morgan fingerprint density at radius 3 is 1.53 bits per heavy atom. The highest BCUT2D eigenvalue weighted by atomic mass is 16.3. The van der Waals surface area contributed by atoms with Crippen LogP contribution in [0, 0.1) is 6.92 Å². The van der Waals surface area contributed by atoms with E-state index in [2.05, 4.69) is 249 Å². The molecule has 0 N–H and O–H groups in total. The molecule has 1 fully saturated rings. The van der Waals surface area contributed by atoms with Crippen molar-refractivity contribution >= 4 is 90.5 Å². The molecule has 7 aliphatic rings. The first-order valence-corrected chi connectivity index (χ1v) is 32.0. The number of rotatable bonds is 3. The lowest BCUT2D eigenvalue weighted by molar-refractivity contribution is 0.195. The average Bonchev–Trinajstić information content (AvgIpc) is 1.67. The quantitative estimate of drug-likeness (QED) is 0.165. The van der Waals surface area contributed by atoms with Crippen molar-refractivity contribution in [3.05, 3.63) is 159 Å². The van der Waals surface area contributed by atoms with E-state index in [1.165, 1.54) is 126 Å². The van der Waals surface area contributed by atoms with Crippen LogP contribution >= 0.6 is 0 Å². The Labute approximate surface area is 497 Å². The molecule has 83 heavy (non-hydrogen) atoms. The van der Waals surface area contributed by atoms with E-state index in [0.29, 0.717) is 0 Å². The molecule has 1 saturated carbocycles. The van der Waals surface area contributed by atoms with Crippen LogP contribution in [0.3, 0.4) is 0 Å². The van der Waals surface area contributed by atoms with Crippen LogP contribution < -0.4 is 31.1 Å². The maximum absolute atomic E-state index is 7.25. The Kier molecular flexibility index (Phi) is 10.7. The lowest BCUT2D eigenvalue weighted by Crippen LogP contribution is -2.62. The van der Waals surface area contributed by atoms with Gasteiger partial charge in [0.2, 0.25) is 0 Å². The summed E-state index contributed by atoms with van der Waals surface area (Å²) < 4.78 is 7.25. The van der Waals surface area contributed by atoms with Gasteiger partial charge in [-0.1, -0.05) is 184 Å². The third kappa shape index (κ3) is 7.18. The van der Waals surface area contributed by atoms with E-state index in [9.17, 15) is 0 Å². The SMILES string of the molecule is Cc1cc2c(cc1N1c3cc4c(cc3B3c5cc6c(cc5N(c5cccc7c5oc5ccccc57)c5cc(N7c8ccc(C(C)(C)C)cc8C8(C)CCCCC78C)cc1c53)C(C)(C)CCC6(C)C)C(C)(C)CCC4(C)C)C(C)(C)CC2(C)C. The molecule has 0 radical (unpaired) electrons. The van der Waals surface area contributed by atoms with Crippen molar-refractivity contribution < 1.29 is 4.42 Å². The number of anilines is 8. The summed E-state index contributed by atoms with van der Waals surface area (Å²) >= 11 is 0. The van der Waals surface area contributed by atoms with Crippen molar-refractivity contribution in [1.82, 2.24) is 0 Å². The van der Waals surface area contributed by atoms with Crippen molar-refractivity contribution in [3.63, 3.8) is 0 Å². The van der Waals surface area contributed by atoms with Gasteiger partial charge >= 0.3 is 0 Å². The molecule has 8 aromatic rings. The van der Waals surface area contributed by atoms with Gasteiger partial charge in [-0.05, 0) is 212 Å². The van der Waals surface area contributed by atoms with Gasteiger partial charge in [0, 0.05) is 56.0 Å². The molecule has 0 saturated heterocycles. The van der Waals surface area contributed by atoms with Crippen LogP contribution in [0.15, 0.2) is 114 Å². The molecule has 426 valence electrons. The second kappa shape index (κ2) is 16.6. The Bertz CT molecular complexity index is 4150. The molecule has 0 spiro atoms. The molecule has 2 atom stereocenters. The third-order valence-corrected chi connectivity index (χ3v) is 23.8. The predicted molar refractivity (Wildman–Crippen MR) is 355 cm³/mol. The van der Waals surface area contributed by atoms with Gasteiger partial charge in [0.05, 0.1) is 11.2 Å². The molecule has 4 heterocycles. The monoisotopic (exact) mass is 1100 g/mol. The topological polar surface area (TPSA) is 22.9 Å². The predicted octanol–water partition coefficient (Wildman–Crippen LogP) is 19.7. The lowest BCUT2D eigenvalue weighted by atomic mass is 9.32. The highest BCUT2D eigenvalue weighted by Crippen LogP contribution is 2.63. The number of aryl methyl sites for hydroxylation is 1. The Hall–Kier alpha value is -6.20. The molecule has 4 nitrogen and oxygen atoms in total. The average molecular weight is 1100 g/mol. The second-order valence-electron chi connectivity index (χ2n) is 33.0. The Balaban J connectivity index is 1.13. The first kappa shape index (κ1) is 53.5. The van der Waals surface area contributed by atoms with Gasteiger partial charge in [0.25, 0.3) is 6.71 Å². The van der Waals surface area contributed by atoms with Crippen molar-refractivity contribution in [2.24, 2.45) is 0 Å². The van der Waals surface area contributed by atoms with Crippen molar-refractivity contribution in [1.29, 1.82) is 0 Å². The van der Waals surface area contributed by atoms with Gasteiger partial charge in [-0.2, -0.15) is 0 Å². The first-order valence-electron chi connectivity index (χ1n) is 32.0. The summed E-state index contributed by atoms with van der Waals surface area (Å²) in [5.41, 5.74) is 29.5. The summed E-state index contributed by atoms with van der Waals surface area (Å²) in [7, 11) is 0. The molecule has 5 heteroatoms. The van der Waals surface area contributed by atoms with Crippen LogP contribution in [0.4, 0.5) is 45.5 Å². The van der Waals surface area contributed by atoms with E-state index in [-0.39, 0.29) is 55.6 Å². The molecular formula is C78H90BN3O. The molecule has 7 aromatic carbocycles. The van der Waals surface area contributed by atoms with E-state index in [4.69, 9.17) is 4.42 Å². The zero-order valence-corrected chi connectivity index (χ0v) is 53.6. The summed E-state index contributed by atoms with van der Waals surface area (Å²) in [6, 6.07) is 44.8. The van der Waals surface area contributed by atoms with Gasteiger partial charge in [0.1, 0.15) is 5.58 Å². The second-order valence-corrected chi connectivity index (χ2v) is 33.0. The van der Waals surface area contributed by atoms with Crippen molar-refractivity contribution in [2.75, 3.05) is 14.7 Å². The first-order chi connectivity index (χ1) is 38.9. The van der Waals surface area contributed by atoms with Crippen LogP contribution in [0.2, 0.25) is 0 Å². The van der Waals surface area contributed by atoms with E-state index < -0.39 is 0 Å². The van der Waals surface area contributed by atoms with Gasteiger partial charge in [-0.15, -0.1) is 0 Å². The Morgan fingerprint density at radius 1 is 0.434 bits per heavy atom. The highest BCUT2D eigenvalue weighted by molar-refractivity contribution is 7.00. The maximum Gasteiger partial charge on any atom is 0.252 e. The van der Waals surface area contributed by atoms with Gasteiger partial charge in [0.15, 0.2) is 5.58 Å². The van der Waals surface area contributed by atoms with Gasteiger partial charge in [-0.3, -0.25) is 0 Å². The molecule has 15 rings (SSSR count). The molecule has 2 unspecified atom stereocenters. The lowest BCUT2D eigenvalue weighted by Gasteiger charge is -2.51. The van der Waals surface area contributed by atoms with Crippen LogP contribution in [-0.2, 0) is 43.3 Å². The normalized spacial score (nSPS) is 24.2. The van der Waals surface area contributed by atoms with Gasteiger partial charge < -0.3 is 19.1 Å². The van der Waals surface area contributed by atoms with Crippen molar-refractivity contribution in [2.45, 2.75) is 231 Å². The number of furan rings is 1. The zero-order valence-electron chi connectivity index (χ0n) is 53.6. The largest absolute Gasteiger partial charge is 0.454 e. The summed E-state index contributed by atoms with van der Waals surface area (Å²) in [6.07, 6.45) is 10.5. The summed E-state index contributed by atoms with van der Waals surface area (Å²) in [5, 5.41) is 2.31. The fraction of sp³-hybridized carbons (Fsp3) is 0.462. The molecule has 0 amide bonds. The zero-order chi connectivity index (χ0) is 58.5. The van der Waals surface area contributed by atoms with E-state index in [1.807, 2.05) is 0 Å². The molecule has 4 aliphatic carbocycles. The maximum atomic E-state index is 7.25. The van der Waals surface area contributed by atoms with E-state index >= 15 is 0 Å². The minimum atomic E-state index is -0.180. The fourth-order valence-corrected chi connectivity index (χ4v) is 18.6. The van der Waals surface area contributed by atoms with E-state index in [0.717, 1.165) is 66.2 Å². The van der Waals surface area contributed by atoms with Crippen LogP contribution in [-0.4, -0.2) is 12.3 Å². The molecule has 3 aliphatic heterocycles. The number of hydrogen-bond donors (Lipinski definition) is 0. The standard InChI is InChI=1S/C78H90BN3O/c1-46-36-51-56(76(15,16)45-75(51,13)14)42-62(46)81-64-44-55-53(72(7,8)33-35-74(55,11)12)41-59(64)79-58-40-52-54(73(9,10)34-32-71(52,5)6)43-63(58)80(61-26-23-25-50-49-24-19-20-27-67(49)83-69(50)61)65-38-48(39-66(81)68(65)79)82-60-29-28-47(70(2,3)4)37-57(60)77(17)30-21-22-31-78(77,82)18/h19-20,23-29,36-44H,21-22,30-35,45H2,1-18H3. The summed E-state index contributed by atoms with van der Waals surface area (Å²) in [6.45, 7) is 44.9. The minimum absolute atomic E-state index is 0.00201. The fourth-order valence-electron chi connectivity index (χ4n) is 18.6. The number of nitrogens with zero attached hydrogens (tertiary/aromatic N) is 3. The molecule has 1 aromatic heterocycles. The number of fused-ring (bicyclic) bond motifs is 13. The number of benzene rings is 7. The number of para-hydroxylation sites is 2. The summed E-state index contributed by atoms with van der Waals surface area (Å²) in [5.74, 6) is 0. The van der Waals surface area contributed by atoms with Gasteiger partial charge in [-0.25, -0.2) is 0 Å². The minimum Gasteiger partial charge on any atom is -0.454 e. The molecule has 0 bridgehead atoms. The number of hydrogen-bond acceptors (Lipinski definition) is 4. The van der Waals surface area contributed by atoms with Crippen LogP contribution in [0.5, 0.6) is 0 Å². The smallest absolute Gasteiger partial charge is 0.252 e.